The van der Waals surface area contributed by atoms with Crippen LogP contribution in [0.25, 0.3) is 0 Å². The van der Waals surface area contributed by atoms with E-state index in [0.717, 1.165) is 17.7 Å². The molecule has 2 nitrogen and oxygen atoms in total. The molecule has 1 aromatic rings. The van der Waals surface area contributed by atoms with Gasteiger partial charge in [-0.1, -0.05) is 26.3 Å². The van der Waals surface area contributed by atoms with Gasteiger partial charge in [-0.25, -0.2) is 4.79 Å². The molecular weight excluding hydrogens is 220 g/mol. The fourth-order valence-corrected chi connectivity index (χ4v) is 1.74. The van der Waals surface area contributed by atoms with Gasteiger partial charge in [-0.3, -0.25) is 0 Å². The molecule has 0 bridgehead atoms. The van der Waals surface area contributed by atoms with Crippen LogP contribution in [0.2, 0.25) is 0 Å². The average molecular weight is 238 g/mol. The summed E-state index contributed by atoms with van der Waals surface area (Å²) < 4.78 is 5.22. The first-order chi connectivity index (χ1) is 7.63. The Morgan fingerprint density at radius 3 is 2.88 bits per heavy atom. The molecule has 88 valence electrons. The predicted molar refractivity (Wildman–Crippen MR) is 68.0 cm³/mol. The molecule has 0 aliphatic rings. The van der Waals surface area contributed by atoms with E-state index in [2.05, 4.69) is 26.5 Å². The van der Waals surface area contributed by atoms with Gasteiger partial charge in [0, 0.05) is 4.90 Å². The molecule has 0 aromatic heterocycles. The van der Waals surface area contributed by atoms with Crippen molar-refractivity contribution in [3.8, 4) is 0 Å². The van der Waals surface area contributed by atoms with Crippen molar-refractivity contribution in [3.05, 3.63) is 29.8 Å². The molecule has 16 heavy (non-hydrogen) atoms. The Hall–Kier alpha value is -0.960. The SMILES string of the molecule is CCCC(C)COC(=O)c1cccc(S)c1. The van der Waals surface area contributed by atoms with Crippen LogP contribution < -0.4 is 0 Å². The van der Waals surface area contributed by atoms with Crippen molar-refractivity contribution >= 4 is 18.6 Å². The maximum absolute atomic E-state index is 11.6. The second-order valence-electron chi connectivity index (χ2n) is 4.04. The van der Waals surface area contributed by atoms with E-state index in [1.807, 2.05) is 6.07 Å². The summed E-state index contributed by atoms with van der Waals surface area (Å²) >= 11 is 4.18. The van der Waals surface area contributed by atoms with Gasteiger partial charge in [0.2, 0.25) is 0 Å². The third kappa shape index (κ3) is 4.27. The first-order valence-electron chi connectivity index (χ1n) is 5.59. The Bertz CT molecular complexity index is 350. The van der Waals surface area contributed by atoms with Gasteiger partial charge >= 0.3 is 5.97 Å². The summed E-state index contributed by atoms with van der Waals surface area (Å²) in [5, 5.41) is 0. The van der Waals surface area contributed by atoms with Gasteiger partial charge in [0.25, 0.3) is 0 Å². The van der Waals surface area contributed by atoms with E-state index in [4.69, 9.17) is 4.74 Å². The number of carbonyl (C=O) groups is 1. The molecular formula is C13H18O2S. The zero-order valence-electron chi connectivity index (χ0n) is 9.77. The average Bonchev–Trinajstić information content (AvgIpc) is 2.26. The van der Waals surface area contributed by atoms with Crippen molar-refractivity contribution in [3.63, 3.8) is 0 Å². The summed E-state index contributed by atoms with van der Waals surface area (Å²) in [6, 6.07) is 7.09. The van der Waals surface area contributed by atoms with Gasteiger partial charge in [0.05, 0.1) is 12.2 Å². The van der Waals surface area contributed by atoms with Gasteiger partial charge in [-0.05, 0) is 30.5 Å². The van der Waals surface area contributed by atoms with Gasteiger partial charge in [-0.2, -0.15) is 0 Å². The molecule has 0 radical (unpaired) electrons. The zero-order valence-corrected chi connectivity index (χ0v) is 10.7. The Labute approximate surface area is 102 Å². The molecule has 0 fully saturated rings. The lowest BCUT2D eigenvalue weighted by atomic mass is 10.1. The molecule has 0 spiro atoms. The van der Waals surface area contributed by atoms with Crippen LogP contribution in [0, 0.1) is 5.92 Å². The number of thiol groups is 1. The van der Waals surface area contributed by atoms with E-state index >= 15 is 0 Å². The molecule has 0 aliphatic carbocycles. The number of esters is 1. The van der Waals surface area contributed by atoms with Crippen molar-refractivity contribution in [1.82, 2.24) is 0 Å². The molecule has 1 rings (SSSR count). The Morgan fingerprint density at radius 2 is 2.25 bits per heavy atom. The lowest BCUT2D eigenvalue weighted by Crippen LogP contribution is -2.12. The highest BCUT2D eigenvalue weighted by molar-refractivity contribution is 7.80. The molecule has 0 aliphatic heterocycles. The summed E-state index contributed by atoms with van der Waals surface area (Å²) in [6.07, 6.45) is 2.20. The smallest absolute Gasteiger partial charge is 0.338 e. The van der Waals surface area contributed by atoms with Crippen LogP contribution in [0.4, 0.5) is 0 Å². The maximum atomic E-state index is 11.6. The number of hydrogen-bond donors (Lipinski definition) is 1. The normalized spacial score (nSPS) is 12.2. The van der Waals surface area contributed by atoms with Crippen LogP contribution in [0.1, 0.15) is 37.0 Å². The number of rotatable bonds is 5. The van der Waals surface area contributed by atoms with Gasteiger partial charge in [-0.15, -0.1) is 12.6 Å². The van der Waals surface area contributed by atoms with E-state index in [0.29, 0.717) is 18.1 Å². The van der Waals surface area contributed by atoms with E-state index in [9.17, 15) is 4.79 Å². The highest BCUT2D eigenvalue weighted by Crippen LogP contribution is 2.11. The topological polar surface area (TPSA) is 26.3 Å². The van der Waals surface area contributed by atoms with Crippen molar-refractivity contribution in [2.24, 2.45) is 5.92 Å². The van der Waals surface area contributed by atoms with Crippen LogP contribution >= 0.6 is 12.6 Å². The van der Waals surface area contributed by atoms with Gasteiger partial charge in [0.1, 0.15) is 0 Å². The highest BCUT2D eigenvalue weighted by Gasteiger charge is 2.09. The fourth-order valence-electron chi connectivity index (χ4n) is 1.51. The molecule has 0 N–H and O–H groups in total. The molecule has 0 saturated carbocycles. The van der Waals surface area contributed by atoms with Gasteiger partial charge in [0.15, 0.2) is 0 Å². The molecule has 1 atom stereocenters. The van der Waals surface area contributed by atoms with Crippen molar-refractivity contribution in [1.29, 1.82) is 0 Å². The first kappa shape index (κ1) is 13.1. The van der Waals surface area contributed by atoms with Crippen molar-refractivity contribution in [2.45, 2.75) is 31.6 Å². The first-order valence-corrected chi connectivity index (χ1v) is 6.04. The summed E-state index contributed by atoms with van der Waals surface area (Å²) in [7, 11) is 0. The second kappa shape index (κ2) is 6.59. The van der Waals surface area contributed by atoms with Gasteiger partial charge < -0.3 is 4.74 Å². The maximum Gasteiger partial charge on any atom is 0.338 e. The number of carbonyl (C=O) groups excluding carboxylic acids is 1. The monoisotopic (exact) mass is 238 g/mol. The molecule has 1 unspecified atom stereocenters. The minimum Gasteiger partial charge on any atom is -0.462 e. The molecule has 0 amide bonds. The van der Waals surface area contributed by atoms with E-state index < -0.39 is 0 Å². The molecule has 1 aromatic carbocycles. The van der Waals surface area contributed by atoms with Crippen LogP contribution in [0.3, 0.4) is 0 Å². The standard InChI is InChI=1S/C13H18O2S/c1-3-5-10(2)9-15-13(14)11-6-4-7-12(16)8-11/h4,6-8,10,16H,3,5,9H2,1-2H3. The van der Waals surface area contributed by atoms with Crippen molar-refractivity contribution in [2.75, 3.05) is 6.61 Å². The van der Waals surface area contributed by atoms with E-state index in [-0.39, 0.29) is 5.97 Å². The van der Waals surface area contributed by atoms with Crippen LogP contribution in [0.15, 0.2) is 29.2 Å². The summed E-state index contributed by atoms with van der Waals surface area (Å²) in [5.74, 6) is 0.159. The number of hydrogen-bond acceptors (Lipinski definition) is 3. The zero-order chi connectivity index (χ0) is 12.0. The van der Waals surface area contributed by atoms with Crippen LogP contribution in [0.5, 0.6) is 0 Å². The fraction of sp³-hybridized carbons (Fsp3) is 0.462. The summed E-state index contributed by atoms with van der Waals surface area (Å²) in [5.41, 5.74) is 0.566. The largest absolute Gasteiger partial charge is 0.462 e. The highest BCUT2D eigenvalue weighted by atomic mass is 32.1. The predicted octanol–water partition coefficient (Wildman–Crippen LogP) is 3.57. The third-order valence-corrected chi connectivity index (χ3v) is 2.64. The Morgan fingerprint density at radius 1 is 1.50 bits per heavy atom. The summed E-state index contributed by atoms with van der Waals surface area (Å²) in [4.78, 5) is 12.4. The van der Waals surface area contributed by atoms with E-state index in [1.165, 1.54) is 0 Å². The minimum atomic E-state index is -0.265. The third-order valence-electron chi connectivity index (χ3n) is 2.36. The molecule has 0 heterocycles. The lowest BCUT2D eigenvalue weighted by molar-refractivity contribution is 0.0443. The molecule has 0 saturated heterocycles. The Kier molecular flexibility index (Phi) is 5.39. The van der Waals surface area contributed by atoms with Crippen LogP contribution in [-0.4, -0.2) is 12.6 Å². The van der Waals surface area contributed by atoms with Crippen LogP contribution in [-0.2, 0) is 4.74 Å². The second-order valence-corrected chi connectivity index (χ2v) is 4.56. The number of ether oxygens (including phenoxy) is 1. The molecule has 3 heteroatoms. The van der Waals surface area contributed by atoms with Crippen molar-refractivity contribution < 1.29 is 9.53 Å². The summed E-state index contributed by atoms with van der Waals surface area (Å²) in [6.45, 7) is 4.71. The minimum absolute atomic E-state index is 0.265. The quantitative estimate of drug-likeness (QED) is 0.627. The Balaban J connectivity index is 2.47. The lowest BCUT2D eigenvalue weighted by Gasteiger charge is -2.10. The van der Waals surface area contributed by atoms with E-state index in [1.54, 1.807) is 18.2 Å². The number of benzene rings is 1.